The average Bonchev–Trinajstić information content (AvgIpc) is 2.50. The van der Waals surface area contributed by atoms with E-state index in [9.17, 15) is 0 Å². The maximum absolute atomic E-state index is 2.24. The summed E-state index contributed by atoms with van der Waals surface area (Å²) in [4.78, 5) is 0. The molecule has 0 aromatic heterocycles. The van der Waals surface area contributed by atoms with E-state index in [1.807, 2.05) is 0 Å². The third-order valence-electron chi connectivity index (χ3n) is 2.24. The lowest BCUT2D eigenvalue weighted by Crippen LogP contribution is -1.87. The highest BCUT2D eigenvalue weighted by molar-refractivity contribution is 5.63. The summed E-state index contributed by atoms with van der Waals surface area (Å²) >= 11 is 0. The summed E-state index contributed by atoms with van der Waals surface area (Å²) < 4.78 is 0. The van der Waals surface area contributed by atoms with Gasteiger partial charge < -0.3 is 0 Å². The molecule has 1 aromatic carbocycles. The number of rotatable bonds is 1. The second-order valence-electron chi connectivity index (χ2n) is 3.04. The summed E-state index contributed by atoms with van der Waals surface area (Å²) in [5, 5.41) is 0. The fourth-order valence-corrected chi connectivity index (χ4v) is 1.65. The fraction of sp³-hybridized carbons (Fsp3) is 0.167. The minimum atomic E-state index is 0.506. The Balaban J connectivity index is 2.42. The van der Waals surface area contributed by atoms with Crippen molar-refractivity contribution in [2.45, 2.75) is 12.8 Å². The number of hydrogen-bond acceptors (Lipinski definition) is 0. The van der Waals surface area contributed by atoms with Crippen LogP contribution in [0.1, 0.15) is 24.0 Å². The standard InChI is InChI=1S/C12H12/c1-2-5-10-8-9-11-6-3-4-7-12(10)11/h2-10H,1H3. The zero-order valence-electron chi connectivity index (χ0n) is 7.20. The molecule has 0 saturated carbocycles. The number of benzene rings is 1. The first-order valence-corrected chi connectivity index (χ1v) is 4.32. The second-order valence-corrected chi connectivity index (χ2v) is 3.04. The average molecular weight is 156 g/mol. The van der Waals surface area contributed by atoms with Crippen LogP contribution in [0.4, 0.5) is 0 Å². The Kier molecular flexibility index (Phi) is 1.83. The van der Waals surface area contributed by atoms with Gasteiger partial charge in [-0.1, -0.05) is 48.6 Å². The molecule has 2 rings (SSSR count). The molecule has 1 unspecified atom stereocenters. The van der Waals surface area contributed by atoms with Gasteiger partial charge in [0.1, 0.15) is 0 Å². The van der Waals surface area contributed by atoms with Crippen LogP contribution in [0.25, 0.3) is 6.08 Å². The van der Waals surface area contributed by atoms with Crippen LogP contribution in [-0.4, -0.2) is 0 Å². The lowest BCUT2D eigenvalue weighted by atomic mass is 10.0. The van der Waals surface area contributed by atoms with Crippen LogP contribution in [0.15, 0.2) is 42.5 Å². The van der Waals surface area contributed by atoms with Gasteiger partial charge in [0.2, 0.25) is 0 Å². The van der Waals surface area contributed by atoms with Gasteiger partial charge in [0.15, 0.2) is 0 Å². The van der Waals surface area contributed by atoms with Gasteiger partial charge >= 0.3 is 0 Å². The second kappa shape index (κ2) is 2.98. The fourth-order valence-electron chi connectivity index (χ4n) is 1.65. The van der Waals surface area contributed by atoms with Gasteiger partial charge in [-0.25, -0.2) is 0 Å². The molecule has 0 saturated heterocycles. The van der Waals surface area contributed by atoms with E-state index in [4.69, 9.17) is 0 Å². The minimum absolute atomic E-state index is 0.506. The largest absolute Gasteiger partial charge is 0.0907 e. The summed E-state index contributed by atoms with van der Waals surface area (Å²) in [5.74, 6) is 0.506. The van der Waals surface area contributed by atoms with Gasteiger partial charge in [0.25, 0.3) is 0 Å². The summed E-state index contributed by atoms with van der Waals surface area (Å²) in [7, 11) is 0. The summed E-state index contributed by atoms with van der Waals surface area (Å²) in [5.41, 5.74) is 2.79. The van der Waals surface area contributed by atoms with Gasteiger partial charge in [-0.05, 0) is 18.1 Å². The predicted molar refractivity (Wildman–Crippen MR) is 53.0 cm³/mol. The molecule has 0 radical (unpaired) electrons. The first-order chi connectivity index (χ1) is 5.92. The Morgan fingerprint density at radius 2 is 2.08 bits per heavy atom. The molecule has 60 valence electrons. The van der Waals surface area contributed by atoms with Crippen LogP contribution in [-0.2, 0) is 0 Å². The third kappa shape index (κ3) is 1.10. The Bertz CT molecular complexity index is 332. The van der Waals surface area contributed by atoms with Crippen molar-refractivity contribution in [1.29, 1.82) is 0 Å². The van der Waals surface area contributed by atoms with Gasteiger partial charge in [-0.2, -0.15) is 0 Å². The minimum Gasteiger partial charge on any atom is -0.0907 e. The highest BCUT2D eigenvalue weighted by Crippen LogP contribution is 2.30. The molecule has 0 amide bonds. The zero-order chi connectivity index (χ0) is 8.39. The van der Waals surface area contributed by atoms with Crippen molar-refractivity contribution in [1.82, 2.24) is 0 Å². The number of hydrogen-bond donors (Lipinski definition) is 0. The van der Waals surface area contributed by atoms with Crippen molar-refractivity contribution in [2.75, 3.05) is 0 Å². The first-order valence-electron chi connectivity index (χ1n) is 4.32. The van der Waals surface area contributed by atoms with Gasteiger partial charge in [-0.15, -0.1) is 0 Å². The van der Waals surface area contributed by atoms with Crippen molar-refractivity contribution >= 4 is 6.08 Å². The van der Waals surface area contributed by atoms with Crippen molar-refractivity contribution in [3.63, 3.8) is 0 Å². The monoisotopic (exact) mass is 156 g/mol. The van der Waals surface area contributed by atoms with E-state index >= 15 is 0 Å². The van der Waals surface area contributed by atoms with Crippen LogP contribution in [0, 0.1) is 0 Å². The Hall–Kier alpha value is -1.30. The van der Waals surface area contributed by atoms with E-state index < -0.39 is 0 Å². The van der Waals surface area contributed by atoms with E-state index in [0.717, 1.165) is 0 Å². The Labute approximate surface area is 73.2 Å². The van der Waals surface area contributed by atoms with Crippen molar-refractivity contribution in [3.8, 4) is 0 Å². The molecule has 0 spiro atoms. The molecule has 1 aromatic rings. The molecule has 1 aliphatic rings. The van der Waals surface area contributed by atoms with E-state index in [1.54, 1.807) is 0 Å². The van der Waals surface area contributed by atoms with Crippen molar-refractivity contribution in [3.05, 3.63) is 53.6 Å². The molecule has 0 fully saturated rings. The Morgan fingerprint density at radius 3 is 2.92 bits per heavy atom. The highest BCUT2D eigenvalue weighted by Gasteiger charge is 2.12. The number of allylic oxidation sites excluding steroid dienone is 3. The van der Waals surface area contributed by atoms with E-state index in [2.05, 4.69) is 55.5 Å². The molecule has 12 heavy (non-hydrogen) atoms. The van der Waals surface area contributed by atoms with Crippen LogP contribution in [0.5, 0.6) is 0 Å². The van der Waals surface area contributed by atoms with Crippen LogP contribution in [0.2, 0.25) is 0 Å². The summed E-state index contributed by atoms with van der Waals surface area (Å²) in [6.07, 6.45) is 8.77. The van der Waals surface area contributed by atoms with Crippen LogP contribution in [0.3, 0.4) is 0 Å². The van der Waals surface area contributed by atoms with Crippen molar-refractivity contribution < 1.29 is 0 Å². The molecular formula is C12H12. The third-order valence-corrected chi connectivity index (χ3v) is 2.24. The molecule has 0 heterocycles. The Morgan fingerprint density at radius 1 is 1.25 bits per heavy atom. The molecule has 0 N–H and O–H groups in total. The van der Waals surface area contributed by atoms with Gasteiger partial charge in [0.05, 0.1) is 0 Å². The van der Waals surface area contributed by atoms with Crippen molar-refractivity contribution in [2.24, 2.45) is 0 Å². The lowest BCUT2D eigenvalue weighted by molar-refractivity contribution is 1.11. The highest BCUT2D eigenvalue weighted by atomic mass is 14.2. The van der Waals surface area contributed by atoms with Crippen LogP contribution < -0.4 is 0 Å². The smallest absolute Gasteiger partial charge is 0.0207 e. The normalized spacial score (nSPS) is 20.2. The first kappa shape index (κ1) is 7.35. The molecule has 0 bridgehead atoms. The molecule has 0 aliphatic heterocycles. The maximum atomic E-state index is 2.24. The summed E-state index contributed by atoms with van der Waals surface area (Å²) in [6.45, 7) is 2.06. The van der Waals surface area contributed by atoms with Gasteiger partial charge in [0, 0.05) is 5.92 Å². The maximum Gasteiger partial charge on any atom is 0.0207 e. The number of fused-ring (bicyclic) bond motifs is 1. The van der Waals surface area contributed by atoms with Crippen LogP contribution >= 0.6 is 0 Å². The topological polar surface area (TPSA) is 0 Å². The van der Waals surface area contributed by atoms with Gasteiger partial charge in [-0.3, -0.25) is 0 Å². The van der Waals surface area contributed by atoms with E-state index in [1.165, 1.54) is 11.1 Å². The molecule has 0 heteroatoms. The molecule has 1 aliphatic carbocycles. The quantitative estimate of drug-likeness (QED) is 0.547. The predicted octanol–water partition coefficient (Wildman–Crippen LogP) is 3.37. The molecular weight excluding hydrogens is 144 g/mol. The van der Waals surface area contributed by atoms with E-state index in [-0.39, 0.29) is 0 Å². The van der Waals surface area contributed by atoms with E-state index in [0.29, 0.717) is 5.92 Å². The zero-order valence-corrected chi connectivity index (χ0v) is 7.20. The lowest BCUT2D eigenvalue weighted by Gasteiger charge is -2.03. The SMILES string of the molecule is CC=CC1C=Cc2ccccc21. The molecule has 1 atom stereocenters. The summed E-state index contributed by atoms with van der Waals surface area (Å²) in [6, 6.07) is 8.54. The molecule has 0 nitrogen and oxygen atoms in total.